The topological polar surface area (TPSA) is 77.8 Å². The van der Waals surface area contributed by atoms with Gasteiger partial charge in [-0.15, -0.1) is 0 Å². The van der Waals surface area contributed by atoms with Crippen molar-refractivity contribution in [2.45, 2.75) is 38.2 Å². The van der Waals surface area contributed by atoms with Gasteiger partial charge in [0.1, 0.15) is 17.0 Å². The summed E-state index contributed by atoms with van der Waals surface area (Å²) in [7, 11) is 1.58. The van der Waals surface area contributed by atoms with Crippen molar-refractivity contribution in [2.75, 3.05) is 25.6 Å². The Balaban J connectivity index is 1.67. The molecule has 1 amide bonds. The molecule has 0 bridgehead atoms. The van der Waals surface area contributed by atoms with Crippen LogP contribution in [-0.2, 0) is 9.47 Å². The SMILES string of the molecule is COC(C)c1cc2nc(C3CCOCC3)cn2cc1NC(=O)c1cccc(C(F)F)n1. The number of anilines is 1. The van der Waals surface area contributed by atoms with E-state index in [1.807, 2.05) is 23.6 Å². The molecule has 31 heavy (non-hydrogen) atoms. The average molecular weight is 430 g/mol. The molecule has 1 atom stereocenters. The number of hydrogen-bond acceptors (Lipinski definition) is 5. The number of aromatic nitrogens is 3. The molecule has 0 radical (unpaired) electrons. The van der Waals surface area contributed by atoms with Crippen LogP contribution in [0.5, 0.6) is 0 Å². The number of hydrogen-bond donors (Lipinski definition) is 1. The fraction of sp³-hybridized carbons (Fsp3) is 0.409. The van der Waals surface area contributed by atoms with Crippen molar-refractivity contribution in [3.05, 3.63) is 59.3 Å². The van der Waals surface area contributed by atoms with Crippen molar-refractivity contribution < 1.29 is 23.0 Å². The van der Waals surface area contributed by atoms with Gasteiger partial charge in [-0.05, 0) is 38.0 Å². The third kappa shape index (κ3) is 4.57. The molecule has 1 saturated heterocycles. The molecule has 4 rings (SSSR count). The van der Waals surface area contributed by atoms with Crippen LogP contribution in [0.15, 0.2) is 36.7 Å². The summed E-state index contributed by atoms with van der Waals surface area (Å²) in [6.45, 7) is 3.30. The van der Waals surface area contributed by atoms with E-state index >= 15 is 0 Å². The predicted octanol–water partition coefficient (Wildman–Crippen LogP) is 4.52. The van der Waals surface area contributed by atoms with Crippen molar-refractivity contribution >= 4 is 17.2 Å². The molecule has 0 saturated carbocycles. The van der Waals surface area contributed by atoms with Crippen LogP contribution in [0.4, 0.5) is 14.5 Å². The van der Waals surface area contributed by atoms with E-state index in [1.54, 1.807) is 13.3 Å². The molecule has 1 aliphatic heterocycles. The lowest BCUT2D eigenvalue weighted by Gasteiger charge is -2.19. The molecule has 0 spiro atoms. The first-order chi connectivity index (χ1) is 15.0. The number of fused-ring (bicyclic) bond motifs is 1. The van der Waals surface area contributed by atoms with Crippen LogP contribution in [0.2, 0.25) is 0 Å². The van der Waals surface area contributed by atoms with Crippen LogP contribution in [0.3, 0.4) is 0 Å². The monoisotopic (exact) mass is 430 g/mol. The zero-order valence-corrected chi connectivity index (χ0v) is 17.3. The number of carbonyl (C=O) groups excluding carboxylic acids is 1. The van der Waals surface area contributed by atoms with Crippen molar-refractivity contribution in [1.82, 2.24) is 14.4 Å². The van der Waals surface area contributed by atoms with Crippen LogP contribution in [0.1, 0.15) is 65.7 Å². The number of carbonyl (C=O) groups is 1. The Morgan fingerprint density at radius 2 is 2.03 bits per heavy atom. The Morgan fingerprint density at radius 1 is 1.26 bits per heavy atom. The fourth-order valence-corrected chi connectivity index (χ4v) is 3.71. The highest BCUT2D eigenvalue weighted by atomic mass is 19.3. The minimum atomic E-state index is -2.75. The zero-order valence-electron chi connectivity index (χ0n) is 17.3. The maximum atomic E-state index is 13.0. The molecular formula is C22H24F2N4O3. The lowest BCUT2D eigenvalue weighted by Crippen LogP contribution is -2.17. The molecule has 1 aliphatic rings. The van der Waals surface area contributed by atoms with Crippen LogP contribution < -0.4 is 5.32 Å². The standard InChI is InChI=1S/C22H24F2N4O3/c1-13(30-2)15-10-20-26-18(14-6-8-31-9-7-14)11-28(20)12-19(15)27-22(29)17-5-3-4-16(25-17)21(23)24/h3-5,10-14,21H,6-9H2,1-2H3,(H,27,29). The lowest BCUT2D eigenvalue weighted by molar-refractivity contribution is 0.0846. The van der Waals surface area contributed by atoms with Crippen LogP contribution in [0.25, 0.3) is 5.65 Å². The highest BCUT2D eigenvalue weighted by molar-refractivity contribution is 6.03. The van der Waals surface area contributed by atoms with Gasteiger partial charge in [0.05, 0.1) is 17.5 Å². The van der Waals surface area contributed by atoms with Crippen molar-refractivity contribution in [3.8, 4) is 0 Å². The summed E-state index contributed by atoms with van der Waals surface area (Å²) in [4.78, 5) is 21.3. The first-order valence-corrected chi connectivity index (χ1v) is 10.2. The number of imidazole rings is 1. The van der Waals surface area contributed by atoms with Gasteiger partial charge in [-0.25, -0.2) is 18.7 Å². The van der Waals surface area contributed by atoms with Gasteiger partial charge < -0.3 is 19.2 Å². The molecule has 4 heterocycles. The van der Waals surface area contributed by atoms with Gasteiger partial charge in [0.2, 0.25) is 0 Å². The highest BCUT2D eigenvalue weighted by Gasteiger charge is 2.21. The number of nitrogens with one attached hydrogen (secondary N) is 1. The molecule has 164 valence electrons. The maximum Gasteiger partial charge on any atom is 0.280 e. The summed E-state index contributed by atoms with van der Waals surface area (Å²) in [5.41, 5.74) is 2.45. The minimum Gasteiger partial charge on any atom is -0.381 e. The van der Waals surface area contributed by atoms with Crippen molar-refractivity contribution in [1.29, 1.82) is 0 Å². The van der Waals surface area contributed by atoms with E-state index in [-0.39, 0.29) is 11.8 Å². The highest BCUT2D eigenvalue weighted by Crippen LogP contribution is 2.30. The second kappa shape index (κ2) is 9.07. The molecule has 1 fully saturated rings. The van der Waals surface area contributed by atoms with Gasteiger partial charge in [-0.1, -0.05) is 6.07 Å². The van der Waals surface area contributed by atoms with Crippen molar-refractivity contribution in [3.63, 3.8) is 0 Å². The predicted molar refractivity (Wildman–Crippen MR) is 111 cm³/mol. The van der Waals surface area contributed by atoms with E-state index in [0.29, 0.717) is 11.6 Å². The number of alkyl halides is 2. The van der Waals surface area contributed by atoms with E-state index in [4.69, 9.17) is 14.5 Å². The van der Waals surface area contributed by atoms with Gasteiger partial charge in [-0.3, -0.25) is 4.79 Å². The van der Waals surface area contributed by atoms with E-state index < -0.39 is 18.0 Å². The summed E-state index contributed by atoms with van der Waals surface area (Å²) >= 11 is 0. The van der Waals surface area contributed by atoms with E-state index in [1.165, 1.54) is 18.2 Å². The Bertz CT molecular complexity index is 1080. The number of amides is 1. The Morgan fingerprint density at radius 3 is 2.74 bits per heavy atom. The molecule has 7 nitrogen and oxygen atoms in total. The number of ether oxygens (including phenoxy) is 2. The summed E-state index contributed by atoms with van der Waals surface area (Å²) in [5, 5.41) is 2.79. The van der Waals surface area contributed by atoms with Gasteiger partial charge in [0, 0.05) is 44.2 Å². The number of rotatable bonds is 6. The average Bonchev–Trinajstić information content (AvgIpc) is 3.21. The molecular weight excluding hydrogens is 406 g/mol. The second-order valence-electron chi connectivity index (χ2n) is 7.54. The summed E-state index contributed by atoms with van der Waals surface area (Å²) in [5.74, 6) is -0.243. The molecule has 3 aromatic heterocycles. The number of pyridine rings is 2. The van der Waals surface area contributed by atoms with Crippen LogP contribution >= 0.6 is 0 Å². The number of halogens is 2. The van der Waals surface area contributed by atoms with Gasteiger partial charge in [-0.2, -0.15) is 0 Å². The molecule has 1 N–H and O–H groups in total. The fourth-order valence-electron chi connectivity index (χ4n) is 3.71. The Kier molecular flexibility index (Phi) is 6.24. The quantitative estimate of drug-likeness (QED) is 0.622. The van der Waals surface area contributed by atoms with Gasteiger partial charge in [0.15, 0.2) is 0 Å². The zero-order chi connectivity index (χ0) is 22.0. The smallest absolute Gasteiger partial charge is 0.280 e. The Labute approximate surface area is 178 Å². The van der Waals surface area contributed by atoms with Gasteiger partial charge >= 0.3 is 0 Å². The second-order valence-corrected chi connectivity index (χ2v) is 7.54. The normalized spacial score (nSPS) is 16.0. The molecule has 0 aromatic carbocycles. The van der Waals surface area contributed by atoms with Crippen LogP contribution in [-0.4, -0.2) is 40.6 Å². The van der Waals surface area contributed by atoms with Crippen LogP contribution in [0, 0.1) is 0 Å². The van der Waals surface area contributed by atoms with Gasteiger partial charge in [0.25, 0.3) is 12.3 Å². The third-order valence-electron chi connectivity index (χ3n) is 5.55. The van der Waals surface area contributed by atoms with Crippen molar-refractivity contribution in [2.24, 2.45) is 0 Å². The molecule has 1 unspecified atom stereocenters. The molecule has 3 aromatic rings. The first-order valence-electron chi connectivity index (χ1n) is 10.2. The maximum absolute atomic E-state index is 13.0. The van der Waals surface area contributed by atoms with E-state index in [9.17, 15) is 13.6 Å². The summed E-state index contributed by atoms with van der Waals surface area (Å²) < 4.78 is 38.7. The van der Waals surface area contributed by atoms with E-state index in [2.05, 4.69) is 10.3 Å². The largest absolute Gasteiger partial charge is 0.381 e. The lowest BCUT2D eigenvalue weighted by atomic mass is 9.97. The number of nitrogens with zero attached hydrogens (tertiary/aromatic N) is 3. The molecule has 0 aliphatic carbocycles. The first kappa shape index (κ1) is 21.3. The van der Waals surface area contributed by atoms with E-state index in [0.717, 1.165) is 43.0 Å². The minimum absolute atomic E-state index is 0.0811. The number of methoxy groups -OCH3 is 1. The molecule has 9 heteroatoms. The third-order valence-corrected chi connectivity index (χ3v) is 5.55. The Hall–Kier alpha value is -2.91. The summed E-state index contributed by atoms with van der Waals surface area (Å²) in [6, 6.07) is 5.85. The summed E-state index contributed by atoms with van der Waals surface area (Å²) in [6.07, 6.45) is 2.50.